The number of alkyl halides is 1. The molecule has 0 aliphatic rings. The average molecular weight is 246 g/mol. The lowest BCUT2D eigenvalue weighted by Crippen LogP contribution is -3.00. The van der Waals surface area contributed by atoms with E-state index in [0.717, 1.165) is 16.6 Å². The van der Waals surface area contributed by atoms with E-state index in [2.05, 4.69) is 32.8 Å². The summed E-state index contributed by atoms with van der Waals surface area (Å²) in [7, 11) is 4.21. The van der Waals surface area contributed by atoms with Crippen molar-refractivity contribution in [3.05, 3.63) is 48.6 Å². The van der Waals surface area contributed by atoms with Gasteiger partial charge in [0.05, 0.1) is 20.6 Å². The summed E-state index contributed by atoms with van der Waals surface area (Å²) in [4.78, 5) is 0. The Balaban J connectivity index is 0.00000196. The fraction of sp³-hybridized carbons (Fsp3) is 0.333. The third-order valence-corrected chi connectivity index (χ3v) is 3.07. The Kier molecular flexibility index (Phi) is 5.96. The number of rotatable bonds is 4. The summed E-state index contributed by atoms with van der Waals surface area (Å²) in [6, 6.07) is 10.1. The molecular weight excluding hydrogens is 229 g/mol. The molecule has 1 atom stereocenters. The minimum atomic E-state index is -0.0193. The molecule has 1 aromatic carbocycles. The Labute approximate surface area is 103 Å². The first kappa shape index (κ1) is 14.5. The minimum absolute atomic E-state index is 0. The van der Waals surface area contributed by atoms with Crippen LogP contribution in [0.15, 0.2) is 43.0 Å². The van der Waals surface area contributed by atoms with E-state index in [1.165, 1.54) is 0 Å². The highest BCUT2D eigenvalue weighted by molar-refractivity contribution is 6.19. The fourth-order valence-electron chi connectivity index (χ4n) is 1.44. The SMILES string of the molecule is C=CC[N+](C)(C)C(Cl)c1ccccc1.[Cl-]. The standard InChI is InChI=1S/C12H17ClN.ClH/c1-4-10-14(2,3)12(13)11-8-6-5-7-9-11;/h4-9,12H,1,10H2,2-3H3;1H/q+1;/p-1. The van der Waals surface area contributed by atoms with Crippen molar-refractivity contribution in [3.63, 3.8) is 0 Å². The molecule has 15 heavy (non-hydrogen) atoms. The average Bonchev–Trinajstić information content (AvgIpc) is 2.18. The van der Waals surface area contributed by atoms with Crippen molar-refractivity contribution in [3.8, 4) is 0 Å². The highest BCUT2D eigenvalue weighted by atomic mass is 35.5. The molecule has 0 amide bonds. The second kappa shape index (κ2) is 6.16. The van der Waals surface area contributed by atoms with E-state index >= 15 is 0 Å². The number of benzene rings is 1. The van der Waals surface area contributed by atoms with Crippen LogP contribution in [0.3, 0.4) is 0 Å². The molecule has 0 saturated heterocycles. The number of halogens is 2. The van der Waals surface area contributed by atoms with Gasteiger partial charge >= 0.3 is 0 Å². The number of hydrogen-bond donors (Lipinski definition) is 0. The first-order valence-electron chi connectivity index (χ1n) is 4.70. The largest absolute Gasteiger partial charge is 1.00 e. The molecule has 84 valence electrons. The molecule has 0 fully saturated rings. The first-order valence-corrected chi connectivity index (χ1v) is 5.14. The smallest absolute Gasteiger partial charge is 0.190 e. The van der Waals surface area contributed by atoms with Crippen LogP contribution < -0.4 is 12.4 Å². The molecule has 0 saturated carbocycles. The maximum Gasteiger partial charge on any atom is 0.190 e. The molecule has 0 spiro atoms. The van der Waals surface area contributed by atoms with Gasteiger partial charge in [-0.15, -0.1) is 0 Å². The molecular formula is C12H17Cl2N. The van der Waals surface area contributed by atoms with Gasteiger partial charge in [-0.25, -0.2) is 0 Å². The number of likely N-dealkylation sites (N-methyl/N-ethyl adjacent to an activating group) is 1. The van der Waals surface area contributed by atoms with Gasteiger partial charge in [0.1, 0.15) is 0 Å². The van der Waals surface area contributed by atoms with E-state index < -0.39 is 0 Å². The summed E-state index contributed by atoms with van der Waals surface area (Å²) >= 11 is 6.40. The van der Waals surface area contributed by atoms with Crippen LogP contribution in [-0.4, -0.2) is 25.1 Å². The lowest BCUT2D eigenvalue weighted by Gasteiger charge is -2.33. The molecule has 1 rings (SSSR count). The van der Waals surface area contributed by atoms with Gasteiger partial charge in [-0.05, 0) is 6.08 Å². The third-order valence-electron chi connectivity index (χ3n) is 2.29. The van der Waals surface area contributed by atoms with Gasteiger partial charge < -0.3 is 16.9 Å². The summed E-state index contributed by atoms with van der Waals surface area (Å²) in [5.41, 5.74) is 1.13. The summed E-state index contributed by atoms with van der Waals surface area (Å²) < 4.78 is 0.717. The molecule has 1 unspecified atom stereocenters. The summed E-state index contributed by atoms with van der Waals surface area (Å²) in [6.45, 7) is 4.61. The molecule has 1 aromatic rings. The molecule has 0 radical (unpaired) electrons. The highest BCUT2D eigenvalue weighted by Crippen LogP contribution is 2.28. The lowest BCUT2D eigenvalue weighted by molar-refractivity contribution is -0.902. The van der Waals surface area contributed by atoms with Gasteiger partial charge in [-0.3, -0.25) is 0 Å². The third kappa shape index (κ3) is 3.86. The predicted molar refractivity (Wildman–Crippen MR) is 62.2 cm³/mol. The fourth-order valence-corrected chi connectivity index (χ4v) is 1.67. The zero-order valence-corrected chi connectivity index (χ0v) is 10.7. The van der Waals surface area contributed by atoms with Gasteiger partial charge in [0, 0.05) is 5.56 Å². The Hall–Kier alpha value is -0.500. The zero-order valence-electron chi connectivity index (χ0n) is 9.16. The van der Waals surface area contributed by atoms with E-state index in [4.69, 9.17) is 11.6 Å². The first-order chi connectivity index (χ1) is 6.58. The number of quaternary nitrogens is 1. The monoisotopic (exact) mass is 245 g/mol. The van der Waals surface area contributed by atoms with Crippen molar-refractivity contribution in [2.24, 2.45) is 0 Å². The summed E-state index contributed by atoms with van der Waals surface area (Å²) in [6.07, 6.45) is 1.90. The van der Waals surface area contributed by atoms with Gasteiger partial charge in [0.15, 0.2) is 5.50 Å². The van der Waals surface area contributed by atoms with Crippen LogP contribution in [0.5, 0.6) is 0 Å². The van der Waals surface area contributed by atoms with E-state index in [-0.39, 0.29) is 17.9 Å². The Morgan fingerprint density at radius 3 is 2.33 bits per heavy atom. The molecule has 0 N–H and O–H groups in total. The van der Waals surface area contributed by atoms with Crippen molar-refractivity contribution in [2.45, 2.75) is 5.50 Å². The van der Waals surface area contributed by atoms with Crippen LogP contribution in [0, 0.1) is 0 Å². The van der Waals surface area contributed by atoms with Crippen LogP contribution in [-0.2, 0) is 0 Å². The van der Waals surface area contributed by atoms with Crippen molar-refractivity contribution in [1.82, 2.24) is 0 Å². The molecule has 0 aliphatic carbocycles. The van der Waals surface area contributed by atoms with Gasteiger partial charge in [0.2, 0.25) is 0 Å². The zero-order chi connectivity index (χ0) is 10.6. The second-order valence-corrected chi connectivity index (χ2v) is 4.41. The summed E-state index contributed by atoms with van der Waals surface area (Å²) in [5, 5.41) is 0. The maximum absolute atomic E-state index is 6.40. The van der Waals surface area contributed by atoms with E-state index in [9.17, 15) is 0 Å². The lowest BCUT2D eigenvalue weighted by atomic mass is 10.2. The van der Waals surface area contributed by atoms with Crippen LogP contribution in [0.4, 0.5) is 0 Å². The highest BCUT2D eigenvalue weighted by Gasteiger charge is 2.25. The van der Waals surface area contributed by atoms with Crippen molar-refractivity contribution >= 4 is 11.6 Å². The van der Waals surface area contributed by atoms with Crippen LogP contribution in [0.1, 0.15) is 11.1 Å². The Morgan fingerprint density at radius 1 is 1.33 bits per heavy atom. The Bertz CT molecular complexity index is 296. The van der Waals surface area contributed by atoms with Crippen LogP contribution in [0.2, 0.25) is 0 Å². The van der Waals surface area contributed by atoms with Gasteiger partial charge in [0.25, 0.3) is 0 Å². The van der Waals surface area contributed by atoms with E-state index in [1.807, 2.05) is 24.3 Å². The van der Waals surface area contributed by atoms with Crippen molar-refractivity contribution in [1.29, 1.82) is 0 Å². The van der Waals surface area contributed by atoms with Crippen LogP contribution >= 0.6 is 11.6 Å². The number of hydrogen-bond acceptors (Lipinski definition) is 0. The molecule has 0 bridgehead atoms. The van der Waals surface area contributed by atoms with E-state index in [0.29, 0.717) is 0 Å². The topological polar surface area (TPSA) is 0 Å². The van der Waals surface area contributed by atoms with Gasteiger partial charge in [-0.1, -0.05) is 48.5 Å². The predicted octanol–water partition coefficient (Wildman–Crippen LogP) is 0.190. The molecule has 1 nitrogen and oxygen atoms in total. The van der Waals surface area contributed by atoms with Gasteiger partial charge in [-0.2, -0.15) is 0 Å². The maximum atomic E-state index is 6.40. The molecule has 0 heterocycles. The van der Waals surface area contributed by atoms with Crippen molar-refractivity contribution < 1.29 is 16.9 Å². The molecule has 3 heteroatoms. The van der Waals surface area contributed by atoms with Crippen LogP contribution in [0.25, 0.3) is 0 Å². The molecule has 0 aromatic heterocycles. The normalized spacial score (nSPS) is 12.7. The quantitative estimate of drug-likeness (QED) is 0.308. The van der Waals surface area contributed by atoms with E-state index in [1.54, 1.807) is 0 Å². The molecule has 0 aliphatic heterocycles. The number of nitrogens with zero attached hydrogens (tertiary/aromatic N) is 1. The van der Waals surface area contributed by atoms with Crippen molar-refractivity contribution in [2.75, 3.05) is 20.6 Å². The Morgan fingerprint density at radius 2 is 1.87 bits per heavy atom. The minimum Gasteiger partial charge on any atom is -1.00 e. The summed E-state index contributed by atoms with van der Waals surface area (Å²) in [5.74, 6) is 0. The second-order valence-electron chi connectivity index (χ2n) is 4.00.